The third-order valence-corrected chi connectivity index (χ3v) is 1.62. The highest BCUT2D eigenvalue weighted by atomic mass is 16.5. The average molecular weight is 153 g/mol. The summed E-state index contributed by atoms with van der Waals surface area (Å²) in [5.41, 5.74) is 1.25. The first-order chi connectivity index (χ1) is 5.43. The lowest BCUT2D eigenvalue weighted by molar-refractivity contribution is 0.223. The Morgan fingerprint density at radius 1 is 1.73 bits per heavy atom. The van der Waals surface area contributed by atoms with Crippen LogP contribution in [0.1, 0.15) is 19.3 Å². The van der Waals surface area contributed by atoms with Gasteiger partial charge in [-0.25, -0.2) is 9.79 Å². The van der Waals surface area contributed by atoms with Crippen LogP contribution in [0.25, 0.3) is 0 Å². The first kappa shape index (κ1) is 8.02. The molecule has 0 fully saturated rings. The summed E-state index contributed by atoms with van der Waals surface area (Å²) in [6.45, 7) is 1.36. The van der Waals surface area contributed by atoms with Crippen molar-refractivity contribution in [3.05, 3.63) is 11.8 Å². The lowest BCUT2D eigenvalue weighted by atomic mass is 10.1. The Balaban J connectivity index is 2.24. The molecule has 0 aromatic heterocycles. The molecule has 0 saturated carbocycles. The Hall–Kier alpha value is -1.08. The highest BCUT2D eigenvalue weighted by Crippen LogP contribution is 2.14. The normalized spacial score (nSPS) is 16.2. The molecule has 0 atom stereocenters. The van der Waals surface area contributed by atoms with Crippen LogP contribution in [0.5, 0.6) is 0 Å². The van der Waals surface area contributed by atoms with Crippen LogP contribution in [-0.4, -0.2) is 19.2 Å². The number of aliphatic imine (C=N–C) groups is 1. The zero-order chi connectivity index (χ0) is 7.94. The van der Waals surface area contributed by atoms with E-state index in [4.69, 9.17) is 4.74 Å². The third-order valence-electron chi connectivity index (χ3n) is 1.62. The average Bonchev–Trinajstić information content (AvgIpc) is 2.07. The number of nitrogens with zero attached hydrogens (tertiary/aromatic N) is 1. The highest BCUT2D eigenvalue weighted by Gasteiger charge is 2.02. The van der Waals surface area contributed by atoms with E-state index < -0.39 is 0 Å². The van der Waals surface area contributed by atoms with Crippen LogP contribution in [0, 0.1) is 0 Å². The van der Waals surface area contributed by atoms with Crippen molar-refractivity contribution in [2.24, 2.45) is 4.99 Å². The Kier molecular flexibility index (Phi) is 3.42. The second-order valence-corrected chi connectivity index (χ2v) is 2.47. The summed E-state index contributed by atoms with van der Waals surface area (Å²) in [6.07, 6.45) is 6.28. The van der Waals surface area contributed by atoms with Gasteiger partial charge >= 0.3 is 0 Å². The molecular weight excluding hydrogens is 142 g/mol. The van der Waals surface area contributed by atoms with Crippen molar-refractivity contribution < 1.29 is 9.53 Å². The molecule has 1 aliphatic rings. The van der Waals surface area contributed by atoms with Crippen molar-refractivity contribution in [2.75, 3.05) is 13.2 Å². The van der Waals surface area contributed by atoms with E-state index in [1.807, 2.05) is 0 Å². The van der Waals surface area contributed by atoms with Gasteiger partial charge < -0.3 is 4.74 Å². The standard InChI is InChI=1S/C8H11NO2/c10-7-9-4-3-8-2-1-5-11-6-8/h6H,1-5H2. The van der Waals surface area contributed by atoms with Crippen molar-refractivity contribution in [3.63, 3.8) is 0 Å². The van der Waals surface area contributed by atoms with Crippen LogP contribution in [0.15, 0.2) is 16.8 Å². The summed E-state index contributed by atoms with van der Waals surface area (Å²) >= 11 is 0. The highest BCUT2D eigenvalue weighted by molar-refractivity contribution is 5.32. The number of hydrogen-bond donors (Lipinski definition) is 0. The Morgan fingerprint density at radius 2 is 2.64 bits per heavy atom. The van der Waals surface area contributed by atoms with Crippen molar-refractivity contribution in [1.82, 2.24) is 0 Å². The first-order valence-electron chi connectivity index (χ1n) is 3.76. The molecule has 3 heteroatoms. The molecule has 0 unspecified atom stereocenters. The lowest BCUT2D eigenvalue weighted by Crippen LogP contribution is -1.99. The minimum absolute atomic E-state index is 0.540. The quantitative estimate of drug-likeness (QED) is 0.454. The van der Waals surface area contributed by atoms with E-state index in [-0.39, 0.29) is 0 Å². The van der Waals surface area contributed by atoms with Crippen LogP contribution in [-0.2, 0) is 9.53 Å². The van der Waals surface area contributed by atoms with Gasteiger partial charge in [-0.05, 0) is 24.8 Å². The molecule has 1 heterocycles. The molecule has 0 aliphatic carbocycles. The van der Waals surface area contributed by atoms with Gasteiger partial charge in [0, 0.05) is 0 Å². The zero-order valence-corrected chi connectivity index (χ0v) is 6.38. The summed E-state index contributed by atoms with van der Waals surface area (Å²) in [4.78, 5) is 13.2. The number of isocyanates is 1. The third kappa shape index (κ3) is 3.01. The van der Waals surface area contributed by atoms with Gasteiger partial charge in [-0.3, -0.25) is 0 Å². The molecule has 0 aromatic carbocycles. The van der Waals surface area contributed by atoms with E-state index in [1.54, 1.807) is 6.26 Å². The van der Waals surface area contributed by atoms with Crippen LogP contribution in [0.2, 0.25) is 0 Å². The van der Waals surface area contributed by atoms with Crippen molar-refractivity contribution >= 4 is 6.08 Å². The molecule has 0 radical (unpaired) electrons. The Bertz CT molecular complexity index is 192. The summed E-state index contributed by atoms with van der Waals surface area (Å²) in [5, 5.41) is 0. The van der Waals surface area contributed by atoms with Crippen LogP contribution < -0.4 is 0 Å². The van der Waals surface area contributed by atoms with Gasteiger partial charge in [0.25, 0.3) is 0 Å². The maximum atomic E-state index is 9.70. The van der Waals surface area contributed by atoms with E-state index in [0.29, 0.717) is 6.54 Å². The van der Waals surface area contributed by atoms with Gasteiger partial charge in [0.1, 0.15) is 0 Å². The molecule has 0 saturated heterocycles. The zero-order valence-electron chi connectivity index (χ0n) is 6.38. The molecule has 0 amide bonds. The fourth-order valence-corrected chi connectivity index (χ4v) is 1.05. The maximum Gasteiger partial charge on any atom is 0.234 e. The summed E-state index contributed by atoms with van der Waals surface area (Å²) in [7, 11) is 0. The predicted octanol–water partition coefficient (Wildman–Crippen LogP) is 1.41. The molecule has 1 aliphatic heterocycles. The number of carbonyl (C=O) groups excluding carboxylic acids is 1. The molecule has 0 aromatic rings. The first-order valence-corrected chi connectivity index (χ1v) is 3.76. The number of rotatable bonds is 3. The summed E-state index contributed by atoms with van der Waals surface area (Å²) < 4.78 is 5.11. The second-order valence-electron chi connectivity index (χ2n) is 2.47. The number of hydrogen-bond acceptors (Lipinski definition) is 3. The van der Waals surface area contributed by atoms with Gasteiger partial charge in [-0.15, -0.1) is 0 Å². The largest absolute Gasteiger partial charge is 0.501 e. The minimum atomic E-state index is 0.540. The summed E-state index contributed by atoms with van der Waals surface area (Å²) in [6, 6.07) is 0. The van der Waals surface area contributed by atoms with E-state index in [1.165, 1.54) is 11.7 Å². The molecular formula is C8H11NO2. The van der Waals surface area contributed by atoms with E-state index in [9.17, 15) is 4.79 Å². The van der Waals surface area contributed by atoms with Gasteiger partial charge in [0.05, 0.1) is 19.4 Å². The molecule has 1 rings (SSSR count). The maximum absolute atomic E-state index is 9.70. The van der Waals surface area contributed by atoms with Crippen molar-refractivity contribution in [1.29, 1.82) is 0 Å². The molecule has 0 N–H and O–H groups in total. The molecule has 0 bridgehead atoms. The van der Waals surface area contributed by atoms with Gasteiger partial charge in [-0.1, -0.05) is 0 Å². The molecule has 3 nitrogen and oxygen atoms in total. The Morgan fingerprint density at radius 3 is 3.27 bits per heavy atom. The molecule has 60 valence electrons. The monoisotopic (exact) mass is 153 g/mol. The Labute approximate surface area is 65.8 Å². The smallest absolute Gasteiger partial charge is 0.234 e. The molecule has 11 heavy (non-hydrogen) atoms. The second kappa shape index (κ2) is 4.69. The van der Waals surface area contributed by atoms with Gasteiger partial charge in [0.15, 0.2) is 0 Å². The SMILES string of the molecule is O=C=NCCC1=COCCC1. The van der Waals surface area contributed by atoms with Crippen LogP contribution >= 0.6 is 0 Å². The van der Waals surface area contributed by atoms with E-state index in [0.717, 1.165) is 25.9 Å². The van der Waals surface area contributed by atoms with Crippen LogP contribution in [0.4, 0.5) is 0 Å². The van der Waals surface area contributed by atoms with Crippen molar-refractivity contribution in [2.45, 2.75) is 19.3 Å². The minimum Gasteiger partial charge on any atom is -0.501 e. The van der Waals surface area contributed by atoms with Gasteiger partial charge in [-0.2, -0.15) is 0 Å². The van der Waals surface area contributed by atoms with Crippen LogP contribution in [0.3, 0.4) is 0 Å². The van der Waals surface area contributed by atoms with E-state index in [2.05, 4.69) is 4.99 Å². The molecule has 0 spiro atoms. The van der Waals surface area contributed by atoms with Gasteiger partial charge in [0.2, 0.25) is 6.08 Å². The topological polar surface area (TPSA) is 38.7 Å². The van der Waals surface area contributed by atoms with Crippen molar-refractivity contribution in [3.8, 4) is 0 Å². The fraction of sp³-hybridized carbons (Fsp3) is 0.625. The number of ether oxygens (including phenoxy) is 1. The summed E-state index contributed by atoms with van der Waals surface area (Å²) in [5.74, 6) is 0. The predicted molar refractivity (Wildman–Crippen MR) is 40.9 cm³/mol. The lowest BCUT2D eigenvalue weighted by Gasteiger charge is -2.11. The van der Waals surface area contributed by atoms with E-state index >= 15 is 0 Å². The fourth-order valence-electron chi connectivity index (χ4n) is 1.05.